The molecule has 9 heteroatoms. The van der Waals surface area contributed by atoms with Crippen molar-refractivity contribution in [3.63, 3.8) is 0 Å². The van der Waals surface area contributed by atoms with Crippen molar-refractivity contribution < 1.29 is 23.1 Å². The topological polar surface area (TPSA) is 118 Å². The Morgan fingerprint density at radius 3 is 2.65 bits per heavy atom. The number of carbonyl (C=O) groups is 1. The lowest BCUT2D eigenvalue weighted by atomic mass is 10.1. The van der Waals surface area contributed by atoms with Crippen LogP contribution in [-0.4, -0.2) is 43.4 Å². The molecule has 0 amide bonds. The molecule has 1 aromatic carbocycles. The number of hydrogen-bond acceptors (Lipinski definition) is 6. The van der Waals surface area contributed by atoms with Crippen LogP contribution in [0.2, 0.25) is 0 Å². The molecule has 0 fully saturated rings. The quantitative estimate of drug-likeness (QED) is 0.357. The van der Waals surface area contributed by atoms with Gasteiger partial charge in [0.05, 0.1) is 18.0 Å². The number of anilines is 1. The second-order valence-electron chi connectivity index (χ2n) is 7.19. The van der Waals surface area contributed by atoms with Crippen LogP contribution in [0.4, 0.5) is 5.69 Å². The minimum atomic E-state index is -3.55. The van der Waals surface area contributed by atoms with Gasteiger partial charge in [-0.15, -0.1) is 0 Å². The molecule has 0 radical (unpaired) electrons. The molecule has 0 aliphatic carbocycles. The number of carboxylic acid groups (broad SMARTS) is 1. The van der Waals surface area contributed by atoms with E-state index < -0.39 is 16.0 Å². The normalized spacial score (nSPS) is 11.3. The van der Waals surface area contributed by atoms with Gasteiger partial charge in [0.2, 0.25) is 10.0 Å². The van der Waals surface area contributed by atoms with E-state index in [-0.39, 0.29) is 18.6 Å². The van der Waals surface area contributed by atoms with E-state index in [1.165, 1.54) is 0 Å². The number of benzene rings is 1. The molecule has 0 saturated heterocycles. The summed E-state index contributed by atoms with van der Waals surface area (Å²) < 4.78 is 33.4. The van der Waals surface area contributed by atoms with E-state index >= 15 is 0 Å². The number of aliphatic carboxylic acids is 1. The van der Waals surface area contributed by atoms with Gasteiger partial charge in [-0.2, -0.15) is 0 Å². The van der Waals surface area contributed by atoms with Gasteiger partial charge in [-0.3, -0.25) is 14.5 Å². The van der Waals surface area contributed by atoms with Crippen LogP contribution in [0.5, 0.6) is 5.75 Å². The molecule has 2 aromatic rings. The molecule has 31 heavy (non-hydrogen) atoms. The molecule has 0 spiro atoms. The predicted octanol–water partition coefficient (Wildman–Crippen LogP) is 3.20. The first kappa shape index (κ1) is 24.6. The highest BCUT2D eigenvalue weighted by molar-refractivity contribution is 7.92. The summed E-state index contributed by atoms with van der Waals surface area (Å²) in [4.78, 5) is 15.0. The van der Waals surface area contributed by atoms with Gasteiger partial charge < -0.3 is 15.2 Å². The maximum atomic E-state index is 12.5. The number of ether oxygens (including phenoxy) is 1. The van der Waals surface area contributed by atoms with Gasteiger partial charge in [0.25, 0.3) is 0 Å². The van der Waals surface area contributed by atoms with E-state index in [1.807, 2.05) is 19.1 Å². The zero-order chi connectivity index (χ0) is 22.5. The smallest absolute Gasteiger partial charge is 0.303 e. The van der Waals surface area contributed by atoms with Crippen molar-refractivity contribution >= 4 is 21.7 Å². The fraction of sp³-hybridized carbons (Fsp3) is 0.455. The molecular formula is C22H31N3O5S. The van der Waals surface area contributed by atoms with Crippen molar-refractivity contribution in [3.8, 4) is 5.75 Å². The molecule has 0 saturated carbocycles. The Morgan fingerprint density at radius 1 is 1.16 bits per heavy atom. The molecule has 2 rings (SSSR count). The van der Waals surface area contributed by atoms with Crippen molar-refractivity contribution in [2.45, 2.75) is 45.6 Å². The summed E-state index contributed by atoms with van der Waals surface area (Å²) in [6.45, 7) is 3.79. The molecule has 0 aliphatic heterocycles. The van der Waals surface area contributed by atoms with Gasteiger partial charge in [-0.05, 0) is 55.1 Å². The Hall–Kier alpha value is -2.65. The van der Waals surface area contributed by atoms with Crippen molar-refractivity contribution in [1.82, 2.24) is 10.3 Å². The van der Waals surface area contributed by atoms with Crippen LogP contribution in [0.3, 0.4) is 0 Å². The highest BCUT2D eigenvalue weighted by Gasteiger charge is 2.17. The van der Waals surface area contributed by atoms with Gasteiger partial charge in [0.1, 0.15) is 5.75 Å². The van der Waals surface area contributed by atoms with Crippen LogP contribution >= 0.6 is 0 Å². The summed E-state index contributed by atoms with van der Waals surface area (Å²) in [6.07, 6.45) is 5.66. The fourth-order valence-corrected chi connectivity index (χ4v) is 4.23. The average molecular weight is 450 g/mol. The van der Waals surface area contributed by atoms with E-state index in [4.69, 9.17) is 9.84 Å². The Kier molecular flexibility index (Phi) is 10.3. The van der Waals surface area contributed by atoms with Crippen molar-refractivity contribution in [2.24, 2.45) is 0 Å². The lowest BCUT2D eigenvalue weighted by molar-refractivity contribution is -0.136. The number of aryl methyl sites for hydroxylation is 1. The van der Waals surface area contributed by atoms with E-state index in [0.29, 0.717) is 30.0 Å². The second-order valence-corrected chi connectivity index (χ2v) is 9.03. The minimum absolute atomic E-state index is 0.00906. The number of para-hydroxylation sites is 1. The van der Waals surface area contributed by atoms with Crippen LogP contribution in [0.15, 0.2) is 42.7 Å². The number of nitrogens with zero attached hydrogens (tertiary/aromatic N) is 1. The maximum absolute atomic E-state index is 12.5. The second kappa shape index (κ2) is 12.9. The standard InChI is InChI=1S/C22H31N3O5S/c1-2-3-16-31(28,29)25-22-19(8-9-21(26)27)6-4-7-20(22)30-15-5-12-24-17-18-10-13-23-14-11-18/h4,6-7,10-11,13-14,24-25H,2-3,5,8-9,12,15-17H2,1H3,(H,26,27). The number of sulfonamides is 1. The average Bonchev–Trinajstić information content (AvgIpc) is 2.75. The molecule has 0 unspecified atom stereocenters. The van der Waals surface area contributed by atoms with E-state index in [2.05, 4.69) is 15.0 Å². The minimum Gasteiger partial charge on any atom is -0.491 e. The fourth-order valence-electron chi connectivity index (χ4n) is 2.92. The maximum Gasteiger partial charge on any atom is 0.303 e. The highest BCUT2D eigenvalue weighted by Crippen LogP contribution is 2.31. The summed E-state index contributed by atoms with van der Waals surface area (Å²) in [5.41, 5.74) is 2.09. The number of pyridine rings is 1. The Labute approximate surface area is 184 Å². The number of aromatic nitrogens is 1. The SMILES string of the molecule is CCCCS(=O)(=O)Nc1c(CCC(=O)O)cccc1OCCCNCc1ccncc1. The monoisotopic (exact) mass is 449 g/mol. The van der Waals surface area contributed by atoms with Crippen LogP contribution in [0, 0.1) is 0 Å². The first-order chi connectivity index (χ1) is 14.9. The molecule has 0 bridgehead atoms. The van der Waals surface area contributed by atoms with Gasteiger partial charge in [0, 0.05) is 25.4 Å². The summed E-state index contributed by atoms with van der Waals surface area (Å²) in [5.74, 6) is -0.515. The van der Waals surface area contributed by atoms with Crippen LogP contribution in [-0.2, 0) is 27.8 Å². The predicted molar refractivity (Wildman–Crippen MR) is 121 cm³/mol. The Morgan fingerprint density at radius 2 is 1.94 bits per heavy atom. The first-order valence-electron chi connectivity index (χ1n) is 10.5. The third kappa shape index (κ3) is 9.35. The summed E-state index contributed by atoms with van der Waals surface area (Å²) >= 11 is 0. The number of hydrogen-bond donors (Lipinski definition) is 3. The largest absolute Gasteiger partial charge is 0.491 e. The van der Waals surface area contributed by atoms with Gasteiger partial charge in [-0.25, -0.2) is 8.42 Å². The molecule has 1 aromatic heterocycles. The number of carboxylic acids is 1. The molecule has 1 heterocycles. The highest BCUT2D eigenvalue weighted by atomic mass is 32.2. The number of rotatable bonds is 15. The third-order valence-corrected chi connectivity index (χ3v) is 5.92. The molecular weight excluding hydrogens is 418 g/mol. The molecule has 0 aliphatic rings. The Bertz CT molecular complexity index is 920. The molecule has 8 nitrogen and oxygen atoms in total. The van der Waals surface area contributed by atoms with Crippen molar-refractivity contribution in [1.29, 1.82) is 0 Å². The van der Waals surface area contributed by atoms with Crippen molar-refractivity contribution in [3.05, 3.63) is 53.9 Å². The summed E-state index contributed by atoms with van der Waals surface area (Å²) in [7, 11) is -3.55. The first-order valence-corrected chi connectivity index (χ1v) is 12.1. The van der Waals surface area contributed by atoms with E-state index in [1.54, 1.807) is 30.6 Å². The summed E-state index contributed by atoms with van der Waals surface area (Å²) in [5, 5.41) is 12.3. The number of unbranched alkanes of at least 4 members (excludes halogenated alkanes) is 1. The third-order valence-electron chi connectivity index (χ3n) is 4.58. The van der Waals surface area contributed by atoms with Crippen molar-refractivity contribution in [2.75, 3.05) is 23.6 Å². The van der Waals surface area contributed by atoms with Gasteiger partial charge >= 0.3 is 5.97 Å². The van der Waals surface area contributed by atoms with E-state index in [9.17, 15) is 13.2 Å². The van der Waals surface area contributed by atoms with E-state index in [0.717, 1.165) is 31.5 Å². The molecule has 170 valence electrons. The zero-order valence-electron chi connectivity index (χ0n) is 17.8. The molecule has 3 N–H and O–H groups in total. The van der Waals surface area contributed by atoms with Gasteiger partial charge in [-0.1, -0.05) is 25.5 Å². The summed E-state index contributed by atoms with van der Waals surface area (Å²) in [6, 6.07) is 9.07. The zero-order valence-corrected chi connectivity index (χ0v) is 18.7. The van der Waals surface area contributed by atoms with Crippen LogP contribution in [0.25, 0.3) is 0 Å². The lowest BCUT2D eigenvalue weighted by Crippen LogP contribution is -2.19. The lowest BCUT2D eigenvalue weighted by Gasteiger charge is -2.17. The van der Waals surface area contributed by atoms with Crippen LogP contribution in [0.1, 0.15) is 43.7 Å². The van der Waals surface area contributed by atoms with Gasteiger partial charge in [0.15, 0.2) is 0 Å². The molecule has 0 atom stereocenters. The van der Waals surface area contributed by atoms with Crippen LogP contribution < -0.4 is 14.8 Å². The number of nitrogens with one attached hydrogen (secondary N) is 2. The Balaban J connectivity index is 1.98.